The van der Waals surface area contributed by atoms with Gasteiger partial charge < -0.3 is 19.6 Å². The van der Waals surface area contributed by atoms with Crippen LogP contribution in [0.2, 0.25) is 0 Å². The maximum Gasteiger partial charge on any atom is 0.432 e. The molecule has 5 rings (SSSR count). The fraction of sp³-hybridized carbons (Fsp3) is 0.182. The van der Waals surface area contributed by atoms with E-state index in [9.17, 15) is 28.7 Å². The lowest BCUT2D eigenvalue weighted by atomic mass is 9.92. The number of rotatable bonds is 6. The van der Waals surface area contributed by atoms with Crippen LogP contribution in [0.1, 0.15) is 11.1 Å². The van der Waals surface area contributed by atoms with Gasteiger partial charge in [0, 0.05) is 11.1 Å². The van der Waals surface area contributed by atoms with Gasteiger partial charge in [0.1, 0.15) is 0 Å². The molecule has 2 aliphatic heterocycles. The van der Waals surface area contributed by atoms with Gasteiger partial charge in [0.05, 0.1) is 38.6 Å². The molecule has 0 atom stereocenters. The highest BCUT2D eigenvalue weighted by molar-refractivity contribution is 7.50. The molecule has 14 nitrogen and oxygen atoms in total. The van der Waals surface area contributed by atoms with Crippen LogP contribution in [0.4, 0.5) is 0 Å². The van der Waals surface area contributed by atoms with Crippen molar-refractivity contribution in [2.45, 2.75) is 0 Å². The smallest absolute Gasteiger partial charge is 0.308 e. The van der Waals surface area contributed by atoms with Gasteiger partial charge in [0.25, 0.3) is 0 Å². The Labute approximate surface area is 216 Å². The quantitative estimate of drug-likeness (QED) is 0.111. The van der Waals surface area contributed by atoms with Crippen molar-refractivity contribution in [3.05, 3.63) is 59.7 Å². The number of fused-ring (bicyclic) bond motifs is 2. The third-order valence-electron chi connectivity index (χ3n) is 6.00. The summed E-state index contributed by atoms with van der Waals surface area (Å²) in [5, 5.41) is 11.8. The highest BCUT2D eigenvalue weighted by atomic mass is 31.2. The third kappa shape index (κ3) is 5.18. The lowest BCUT2D eigenvalue weighted by molar-refractivity contribution is 0.318. The summed E-state index contributed by atoms with van der Waals surface area (Å²) in [7, 11) is -9.02. The van der Waals surface area contributed by atoms with Gasteiger partial charge in [-0.2, -0.15) is 10.2 Å². The monoisotopic (exact) mass is 558 g/mol. The largest absolute Gasteiger partial charge is 0.432 e. The summed E-state index contributed by atoms with van der Waals surface area (Å²) in [6.07, 6.45) is 3.15. The molecule has 16 heteroatoms. The Hall–Kier alpha value is -3.64. The number of guanidine groups is 2. The molecular formula is C22H24N8O6P2. The zero-order valence-electron chi connectivity index (χ0n) is 19.8. The minimum atomic E-state index is -4.51. The highest BCUT2D eigenvalue weighted by Gasteiger charge is 2.32. The standard InChI is InChI=1S/C22H24N8O6P2/c31-37(32,33)29-11-9-23-21(29)27-25-13-19-15-5-1-2-6-16(15)20(18-8-4-3-7-17(18)19)14-26-28-22-24-10-12-30(22)38(34,35)36/h1-8,13-14H,9-12H2,(H,23,27)(H,24,28)(H2,31,32,33)(H2,34,35,36)/b25-13+,26-14+. The first kappa shape index (κ1) is 26.0. The first-order chi connectivity index (χ1) is 18.1. The van der Waals surface area contributed by atoms with E-state index in [1.165, 1.54) is 0 Å². The van der Waals surface area contributed by atoms with Gasteiger partial charge in [-0.05, 0) is 21.5 Å². The SMILES string of the molecule is O=P(O)(O)N1CCN=C1N/N=C/c1c2ccccc2c(/C=N/NC2=NCCN2P(=O)(O)O)c2ccccc12. The Morgan fingerprint density at radius 2 is 1.03 bits per heavy atom. The van der Waals surface area contributed by atoms with Crippen molar-refractivity contribution >= 4 is 61.4 Å². The average molecular weight is 558 g/mol. The minimum Gasteiger partial charge on any atom is -0.308 e. The Balaban J connectivity index is 1.50. The first-order valence-electron chi connectivity index (χ1n) is 11.4. The van der Waals surface area contributed by atoms with Crippen molar-refractivity contribution in [3.8, 4) is 0 Å². The molecule has 0 unspecified atom stereocenters. The Morgan fingerprint density at radius 1 is 0.684 bits per heavy atom. The average Bonchev–Trinajstić information content (AvgIpc) is 3.55. The van der Waals surface area contributed by atoms with Gasteiger partial charge in [-0.1, -0.05) is 48.5 Å². The first-order valence-corrected chi connectivity index (χ1v) is 14.6. The fourth-order valence-corrected chi connectivity index (χ4v) is 5.76. The van der Waals surface area contributed by atoms with E-state index in [1.54, 1.807) is 12.4 Å². The van der Waals surface area contributed by atoms with Crippen molar-refractivity contribution in [1.29, 1.82) is 0 Å². The van der Waals surface area contributed by atoms with E-state index in [-0.39, 0.29) is 38.1 Å². The van der Waals surface area contributed by atoms with E-state index in [1.807, 2.05) is 48.5 Å². The summed E-state index contributed by atoms with van der Waals surface area (Å²) in [4.78, 5) is 46.2. The number of benzene rings is 3. The number of hydrogen-bond acceptors (Lipinski definition) is 8. The molecule has 0 saturated carbocycles. The number of hydrogen-bond donors (Lipinski definition) is 6. The molecule has 0 bridgehead atoms. The van der Waals surface area contributed by atoms with Crippen LogP contribution in [0.15, 0.2) is 68.7 Å². The summed E-state index contributed by atoms with van der Waals surface area (Å²) < 4.78 is 25.1. The third-order valence-corrected chi connectivity index (χ3v) is 8.03. The molecule has 0 saturated heterocycles. The molecule has 0 aliphatic carbocycles. The number of nitrogens with zero attached hydrogens (tertiary/aromatic N) is 6. The molecule has 198 valence electrons. The van der Waals surface area contributed by atoms with Gasteiger partial charge in [0.15, 0.2) is 0 Å². The van der Waals surface area contributed by atoms with Crippen LogP contribution in [-0.4, -0.2) is 79.4 Å². The van der Waals surface area contributed by atoms with Gasteiger partial charge in [-0.3, -0.25) is 0 Å². The normalized spacial score (nSPS) is 16.7. The van der Waals surface area contributed by atoms with E-state index < -0.39 is 15.5 Å². The van der Waals surface area contributed by atoms with Crippen LogP contribution in [0, 0.1) is 0 Å². The molecule has 6 N–H and O–H groups in total. The second-order valence-corrected chi connectivity index (χ2v) is 11.4. The van der Waals surface area contributed by atoms with Crippen molar-refractivity contribution in [3.63, 3.8) is 0 Å². The van der Waals surface area contributed by atoms with Gasteiger partial charge in [0.2, 0.25) is 11.9 Å². The van der Waals surface area contributed by atoms with E-state index in [4.69, 9.17) is 0 Å². The van der Waals surface area contributed by atoms with Gasteiger partial charge in [-0.15, -0.1) is 0 Å². The minimum absolute atomic E-state index is 0.00259. The molecule has 2 heterocycles. The molecule has 0 aromatic heterocycles. The van der Waals surface area contributed by atoms with Crippen LogP contribution in [0.3, 0.4) is 0 Å². The molecule has 3 aromatic rings. The zero-order chi connectivity index (χ0) is 26.9. The highest BCUT2D eigenvalue weighted by Crippen LogP contribution is 2.41. The van der Waals surface area contributed by atoms with Crippen LogP contribution in [0.5, 0.6) is 0 Å². The van der Waals surface area contributed by atoms with Crippen molar-refractivity contribution < 1.29 is 28.7 Å². The van der Waals surface area contributed by atoms with Crippen molar-refractivity contribution in [2.24, 2.45) is 20.2 Å². The molecule has 0 spiro atoms. The van der Waals surface area contributed by atoms with Gasteiger partial charge in [-0.25, -0.2) is 39.3 Å². The second kappa shape index (κ2) is 10.3. The summed E-state index contributed by atoms with van der Waals surface area (Å²) in [6.45, 7) is 0.674. The maximum atomic E-state index is 11.7. The molecule has 3 aromatic carbocycles. The molecule has 2 aliphatic rings. The van der Waals surface area contributed by atoms with E-state index >= 15 is 0 Å². The van der Waals surface area contributed by atoms with E-state index in [0.29, 0.717) is 0 Å². The predicted molar refractivity (Wildman–Crippen MR) is 145 cm³/mol. The van der Waals surface area contributed by atoms with Crippen LogP contribution >= 0.6 is 15.5 Å². The molecule has 0 amide bonds. The molecule has 0 fully saturated rings. The van der Waals surface area contributed by atoms with Gasteiger partial charge >= 0.3 is 15.5 Å². The zero-order valence-corrected chi connectivity index (χ0v) is 21.6. The van der Waals surface area contributed by atoms with Crippen LogP contribution < -0.4 is 10.9 Å². The van der Waals surface area contributed by atoms with Crippen LogP contribution in [-0.2, 0) is 9.13 Å². The van der Waals surface area contributed by atoms with Crippen LogP contribution in [0.25, 0.3) is 21.5 Å². The summed E-state index contributed by atoms with van der Waals surface area (Å²) >= 11 is 0. The predicted octanol–water partition coefficient (Wildman–Crippen LogP) is 1.37. The maximum absolute atomic E-state index is 11.7. The lowest BCUT2D eigenvalue weighted by Gasteiger charge is -2.20. The Bertz CT molecular complexity index is 1440. The molecule has 0 radical (unpaired) electrons. The Morgan fingerprint density at radius 3 is 1.34 bits per heavy atom. The lowest BCUT2D eigenvalue weighted by Crippen LogP contribution is -2.33. The van der Waals surface area contributed by atoms with Crippen molar-refractivity contribution in [2.75, 3.05) is 26.2 Å². The Kier molecular flexibility index (Phi) is 7.01. The number of hydrazone groups is 2. The van der Waals surface area contributed by atoms with Crippen molar-refractivity contribution in [1.82, 2.24) is 20.2 Å². The number of nitrogens with one attached hydrogen (secondary N) is 2. The molecular weight excluding hydrogens is 534 g/mol. The fourth-order valence-electron chi connectivity index (χ4n) is 4.35. The summed E-state index contributed by atoms with van der Waals surface area (Å²) in [5.74, 6) is -0.00519. The summed E-state index contributed by atoms with van der Waals surface area (Å²) in [5.41, 5.74) is 6.83. The summed E-state index contributed by atoms with van der Waals surface area (Å²) in [6, 6.07) is 15.2. The topological polar surface area (TPSA) is 195 Å². The second-order valence-electron chi connectivity index (χ2n) is 8.34. The molecule has 38 heavy (non-hydrogen) atoms. The number of aliphatic imine (C=N–C) groups is 2. The van der Waals surface area contributed by atoms with E-state index in [0.717, 1.165) is 42.0 Å². The van der Waals surface area contributed by atoms with E-state index in [2.05, 4.69) is 31.0 Å².